The van der Waals surface area contributed by atoms with Crippen molar-refractivity contribution >= 4 is 0 Å². The van der Waals surface area contributed by atoms with E-state index in [4.69, 9.17) is 14.6 Å². The van der Waals surface area contributed by atoms with Crippen LogP contribution in [0.15, 0.2) is 24.3 Å². The van der Waals surface area contributed by atoms with Crippen LogP contribution in [-0.2, 0) is 4.74 Å². The van der Waals surface area contributed by atoms with Gasteiger partial charge < -0.3 is 29.9 Å². The number of phenolic OH excluding ortho intramolecular Hbond substituents is 1. The van der Waals surface area contributed by atoms with Crippen LogP contribution in [0.3, 0.4) is 0 Å². The van der Waals surface area contributed by atoms with Crippen molar-refractivity contribution in [3.8, 4) is 11.5 Å². The van der Waals surface area contributed by atoms with Crippen LogP contribution in [0.25, 0.3) is 0 Å². The molecule has 0 bridgehead atoms. The third-order valence-corrected chi connectivity index (χ3v) is 2.60. The number of para-hydroxylation sites is 2. The number of phenols is 1. The molecule has 1 aliphatic heterocycles. The molecular formula is C11H13NaO6. The predicted octanol–water partition coefficient (Wildman–Crippen LogP) is -4.42. The van der Waals surface area contributed by atoms with Gasteiger partial charge in [-0.15, -0.1) is 0 Å². The number of benzene rings is 1. The van der Waals surface area contributed by atoms with Gasteiger partial charge in [-0.25, -0.2) is 0 Å². The summed E-state index contributed by atoms with van der Waals surface area (Å²) in [4.78, 5) is 0. The Bertz CT molecular complexity index is 388. The first kappa shape index (κ1) is 15.7. The van der Waals surface area contributed by atoms with Crippen LogP contribution in [0.4, 0.5) is 0 Å². The van der Waals surface area contributed by atoms with E-state index in [1.807, 2.05) is 0 Å². The summed E-state index contributed by atoms with van der Waals surface area (Å²) in [7, 11) is 0. The molecule has 0 aromatic heterocycles. The van der Waals surface area contributed by atoms with Gasteiger partial charge >= 0.3 is 29.6 Å². The number of hydrogen-bond acceptors (Lipinski definition) is 6. The molecule has 1 aromatic rings. The Labute approximate surface area is 126 Å². The van der Waals surface area contributed by atoms with E-state index < -0.39 is 31.2 Å². The zero-order valence-electron chi connectivity index (χ0n) is 9.89. The molecule has 0 spiro atoms. The number of hydrogen-bond donors (Lipinski definition) is 3. The summed E-state index contributed by atoms with van der Waals surface area (Å²) in [5.74, 6) is -0.0288. The third-order valence-electron chi connectivity index (χ3n) is 2.60. The van der Waals surface area contributed by atoms with E-state index in [-0.39, 0.29) is 41.1 Å². The minimum Gasteiger partial charge on any atom is -0.828 e. The molecule has 0 amide bonds. The average molecular weight is 264 g/mol. The summed E-state index contributed by atoms with van der Waals surface area (Å²) >= 11 is 0. The van der Waals surface area contributed by atoms with Gasteiger partial charge in [0, 0.05) is 6.29 Å². The third kappa shape index (κ3) is 3.16. The average Bonchev–Trinajstić information content (AvgIpc) is 2.59. The van der Waals surface area contributed by atoms with Gasteiger partial charge in [0.05, 0.1) is 6.61 Å². The number of aromatic hydroxyl groups is 1. The van der Waals surface area contributed by atoms with Crippen molar-refractivity contribution < 1.29 is 59.5 Å². The smallest absolute Gasteiger partial charge is 0.828 e. The van der Waals surface area contributed by atoms with Gasteiger partial charge in [0.1, 0.15) is 18.3 Å². The Kier molecular flexibility index (Phi) is 5.87. The Hall–Kier alpha value is -0.340. The molecule has 0 aliphatic carbocycles. The molecule has 1 heterocycles. The number of aliphatic hydroxyl groups is 2. The van der Waals surface area contributed by atoms with Crippen LogP contribution in [-0.4, -0.2) is 46.5 Å². The molecule has 94 valence electrons. The quantitative estimate of drug-likeness (QED) is 0.476. The fourth-order valence-corrected chi connectivity index (χ4v) is 1.68. The topological polar surface area (TPSA) is 102 Å². The molecule has 3 N–H and O–H groups in total. The molecule has 1 saturated heterocycles. The molecule has 1 fully saturated rings. The normalized spacial score (nSPS) is 30.8. The van der Waals surface area contributed by atoms with Crippen LogP contribution in [0.5, 0.6) is 11.5 Å². The molecule has 7 heteroatoms. The fourth-order valence-electron chi connectivity index (χ4n) is 1.68. The van der Waals surface area contributed by atoms with E-state index in [0.29, 0.717) is 0 Å². The first-order valence-corrected chi connectivity index (χ1v) is 5.18. The zero-order valence-corrected chi connectivity index (χ0v) is 11.9. The fraction of sp³-hybridized carbons (Fsp3) is 0.455. The van der Waals surface area contributed by atoms with Gasteiger partial charge in [-0.05, 0) is 12.1 Å². The Morgan fingerprint density at radius 3 is 2.56 bits per heavy atom. The van der Waals surface area contributed by atoms with E-state index in [0.717, 1.165) is 0 Å². The molecule has 6 nitrogen and oxygen atoms in total. The molecule has 0 saturated carbocycles. The van der Waals surface area contributed by atoms with Crippen molar-refractivity contribution in [1.82, 2.24) is 0 Å². The molecule has 18 heavy (non-hydrogen) atoms. The van der Waals surface area contributed by atoms with Crippen molar-refractivity contribution in [1.29, 1.82) is 0 Å². The standard InChI is InChI=1S/C11H13O6.Na/c12-5-8-9(14)10(11(15)17-8)16-7-4-2-1-3-6(7)13;/h1-4,8-14H,5H2;/q-1;+1/t8-,9-,10-,11-;/m1./s1. The summed E-state index contributed by atoms with van der Waals surface area (Å²) in [5, 5.41) is 39.5. The minimum absolute atomic E-state index is 0. The van der Waals surface area contributed by atoms with Gasteiger partial charge in [-0.2, -0.15) is 0 Å². The molecule has 4 atom stereocenters. The van der Waals surface area contributed by atoms with Crippen LogP contribution >= 0.6 is 0 Å². The van der Waals surface area contributed by atoms with Crippen molar-refractivity contribution in [2.24, 2.45) is 0 Å². The first-order chi connectivity index (χ1) is 8.13. The monoisotopic (exact) mass is 264 g/mol. The van der Waals surface area contributed by atoms with Crippen LogP contribution in [0.1, 0.15) is 0 Å². The maximum absolute atomic E-state index is 11.5. The van der Waals surface area contributed by atoms with E-state index >= 15 is 0 Å². The summed E-state index contributed by atoms with van der Waals surface area (Å²) < 4.78 is 10.00. The summed E-state index contributed by atoms with van der Waals surface area (Å²) in [6.07, 6.45) is -4.92. The summed E-state index contributed by atoms with van der Waals surface area (Å²) in [6.45, 7) is -0.458. The largest absolute Gasteiger partial charge is 1.00 e. The second-order valence-electron chi connectivity index (χ2n) is 3.77. The molecule has 1 aromatic carbocycles. The Morgan fingerprint density at radius 2 is 2.00 bits per heavy atom. The molecule has 1 aliphatic rings. The van der Waals surface area contributed by atoms with E-state index in [1.165, 1.54) is 12.1 Å². The SMILES string of the molecule is [Na+].[O-][C@@H]1O[C@H](CO)[C@@H](O)[C@H]1Oc1ccccc1O. The predicted molar refractivity (Wildman–Crippen MR) is 54.3 cm³/mol. The van der Waals surface area contributed by atoms with Gasteiger partial charge in [-0.1, -0.05) is 12.1 Å². The second kappa shape index (κ2) is 6.72. The number of aliphatic hydroxyl groups excluding tert-OH is 2. The second-order valence-corrected chi connectivity index (χ2v) is 3.77. The Balaban J connectivity index is 0.00000162. The maximum atomic E-state index is 11.5. The van der Waals surface area contributed by atoms with E-state index in [1.54, 1.807) is 12.1 Å². The molecule has 2 rings (SSSR count). The van der Waals surface area contributed by atoms with Crippen LogP contribution in [0, 0.1) is 0 Å². The van der Waals surface area contributed by atoms with Crippen molar-refractivity contribution in [3.63, 3.8) is 0 Å². The number of rotatable bonds is 3. The van der Waals surface area contributed by atoms with Gasteiger partial charge in [0.15, 0.2) is 11.5 Å². The maximum Gasteiger partial charge on any atom is 1.00 e. The van der Waals surface area contributed by atoms with Gasteiger partial charge in [0.25, 0.3) is 0 Å². The van der Waals surface area contributed by atoms with Crippen LogP contribution < -0.4 is 39.4 Å². The molecule has 0 unspecified atom stereocenters. The minimum atomic E-state index is -1.60. The zero-order chi connectivity index (χ0) is 12.4. The number of ether oxygens (including phenoxy) is 2. The summed E-state index contributed by atoms with van der Waals surface area (Å²) in [5.41, 5.74) is 0. The van der Waals surface area contributed by atoms with Crippen molar-refractivity contribution in [2.45, 2.75) is 24.6 Å². The van der Waals surface area contributed by atoms with Gasteiger partial charge in [0.2, 0.25) is 0 Å². The van der Waals surface area contributed by atoms with Crippen molar-refractivity contribution in [2.75, 3.05) is 6.61 Å². The molecular weight excluding hydrogens is 251 g/mol. The first-order valence-electron chi connectivity index (χ1n) is 5.18. The van der Waals surface area contributed by atoms with E-state index in [9.17, 15) is 15.3 Å². The van der Waals surface area contributed by atoms with Crippen LogP contribution in [0.2, 0.25) is 0 Å². The van der Waals surface area contributed by atoms with Crippen molar-refractivity contribution in [3.05, 3.63) is 24.3 Å². The Morgan fingerprint density at radius 1 is 1.33 bits per heavy atom. The van der Waals surface area contributed by atoms with E-state index in [2.05, 4.69) is 0 Å². The van der Waals surface area contributed by atoms with Gasteiger partial charge in [-0.3, -0.25) is 0 Å². The molecule has 0 radical (unpaired) electrons. The summed E-state index contributed by atoms with van der Waals surface area (Å²) in [6, 6.07) is 6.11.